The van der Waals surface area contributed by atoms with Gasteiger partial charge in [-0.05, 0) is 36.8 Å². The highest BCUT2D eigenvalue weighted by atomic mass is 35.5. The zero-order valence-electron chi connectivity index (χ0n) is 12.8. The van der Waals surface area contributed by atoms with Gasteiger partial charge in [0.25, 0.3) is 0 Å². The second-order valence-electron chi connectivity index (χ2n) is 5.44. The average molecular weight is 382 g/mol. The molecule has 1 aliphatic rings. The van der Waals surface area contributed by atoms with Crippen molar-refractivity contribution in [3.8, 4) is 17.2 Å². The summed E-state index contributed by atoms with van der Waals surface area (Å²) in [7, 11) is 0. The third-order valence-electron chi connectivity index (χ3n) is 3.85. The standard InChI is InChI=1S/C17H13Cl2NO5/c18-12-7-11-10(17(22)23)5-6-24-14(11)13(19)15(12)25-9-3-1-8(2-4-9)16(20)21/h1-4,7,10H,5-6H2,(H2,20,21)(H,22,23). The van der Waals surface area contributed by atoms with E-state index in [-0.39, 0.29) is 28.2 Å². The Morgan fingerprint density at radius 2 is 1.92 bits per heavy atom. The lowest BCUT2D eigenvalue weighted by Crippen LogP contribution is -2.21. The molecule has 0 saturated heterocycles. The van der Waals surface area contributed by atoms with Crippen molar-refractivity contribution in [3.63, 3.8) is 0 Å². The molecule has 2 aromatic carbocycles. The van der Waals surface area contributed by atoms with Crippen LogP contribution in [-0.4, -0.2) is 23.6 Å². The molecule has 1 unspecified atom stereocenters. The second kappa shape index (κ2) is 6.82. The molecule has 0 radical (unpaired) electrons. The van der Waals surface area contributed by atoms with Crippen molar-refractivity contribution in [2.75, 3.05) is 6.61 Å². The normalized spacial score (nSPS) is 15.8. The molecule has 3 N–H and O–H groups in total. The van der Waals surface area contributed by atoms with Gasteiger partial charge in [0.05, 0.1) is 17.5 Å². The van der Waals surface area contributed by atoms with Crippen LogP contribution in [0, 0.1) is 0 Å². The third-order valence-corrected chi connectivity index (χ3v) is 4.47. The maximum absolute atomic E-state index is 11.4. The van der Waals surface area contributed by atoms with Gasteiger partial charge >= 0.3 is 5.97 Å². The molecule has 1 amide bonds. The van der Waals surface area contributed by atoms with E-state index in [0.29, 0.717) is 23.3 Å². The van der Waals surface area contributed by atoms with Gasteiger partial charge in [-0.25, -0.2) is 0 Å². The van der Waals surface area contributed by atoms with Crippen molar-refractivity contribution in [1.82, 2.24) is 0 Å². The largest absolute Gasteiger partial charge is 0.492 e. The minimum absolute atomic E-state index is 0.104. The number of carbonyl (C=O) groups excluding carboxylic acids is 1. The van der Waals surface area contributed by atoms with E-state index in [1.165, 1.54) is 18.2 Å². The number of fused-ring (bicyclic) bond motifs is 1. The Balaban J connectivity index is 1.97. The first-order chi connectivity index (χ1) is 11.9. The molecule has 25 heavy (non-hydrogen) atoms. The van der Waals surface area contributed by atoms with Crippen molar-refractivity contribution < 1.29 is 24.2 Å². The van der Waals surface area contributed by atoms with E-state index in [1.54, 1.807) is 12.1 Å². The van der Waals surface area contributed by atoms with Crippen LogP contribution in [0.2, 0.25) is 10.0 Å². The van der Waals surface area contributed by atoms with Gasteiger partial charge < -0.3 is 20.3 Å². The van der Waals surface area contributed by atoms with Gasteiger partial charge in [-0.15, -0.1) is 0 Å². The number of carboxylic acid groups (broad SMARTS) is 1. The topological polar surface area (TPSA) is 98.9 Å². The molecule has 6 nitrogen and oxygen atoms in total. The molecule has 0 fully saturated rings. The Morgan fingerprint density at radius 1 is 1.24 bits per heavy atom. The lowest BCUT2D eigenvalue weighted by molar-refractivity contribution is -0.139. The summed E-state index contributed by atoms with van der Waals surface area (Å²) in [4.78, 5) is 22.5. The Bertz CT molecular complexity index is 851. The highest BCUT2D eigenvalue weighted by molar-refractivity contribution is 6.38. The monoisotopic (exact) mass is 381 g/mol. The lowest BCUT2D eigenvalue weighted by atomic mass is 9.93. The predicted molar refractivity (Wildman–Crippen MR) is 92.0 cm³/mol. The van der Waals surface area contributed by atoms with E-state index in [9.17, 15) is 14.7 Å². The minimum Gasteiger partial charge on any atom is -0.492 e. The van der Waals surface area contributed by atoms with Crippen LogP contribution in [0.3, 0.4) is 0 Å². The van der Waals surface area contributed by atoms with E-state index in [2.05, 4.69) is 0 Å². The van der Waals surface area contributed by atoms with Gasteiger partial charge in [0, 0.05) is 11.1 Å². The number of benzene rings is 2. The Labute approximate surface area is 153 Å². The highest BCUT2D eigenvalue weighted by Gasteiger charge is 2.31. The molecule has 0 aromatic heterocycles. The molecule has 2 aromatic rings. The number of carbonyl (C=O) groups is 2. The number of aliphatic carboxylic acids is 1. The van der Waals surface area contributed by atoms with Gasteiger partial charge in [-0.1, -0.05) is 23.2 Å². The molecule has 0 saturated carbocycles. The summed E-state index contributed by atoms with van der Waals surface area (Å²) in [5.41, 5.74) is 5.95. The Kier molecular flexibility index (Phi) is 4.74. The fourth-order valence-corrected chi connectivity index (χ4v) is 3.20. The number of halogens is 2. The smallest absolute Gasteiger partial charge is 0.311 e. The van der Waals surface area contributed by atoms with Crippen LogP contribution in [-0.2, 0) is 4.79 Å². The maximum atomic E-state index is 11.4. The second-order valence-corrected chi connectivity index (χ2v) is 6.22. The summed E-state index contributed by atoms with van der Waals surface area (Å²) in [6, 6.07) is 7.61. The highest BCUT2D eigenvalue weighted by Crippen LogP contribution is 2.48. The molecule has 1 atom stereocenters. The molecule has 0 spiro atoms. The first-order valence-corrected chi connectivity index (χ1v) is 8.09. The number of nitrogens with two attached hydrogens (primary N) is 1. The van der Waals surface area contributed by atoms with E-state index >= 15 is 0 Å². The van der Waals surface area contributed by atoms with Gasteiger partial charge in [0.2, 0.25) is 5.91 Å². The number of hydrogen-bond donors (Lipinski definition) is 2. The molecule has 0 aliphatic carbocycles. The first-order valence-electron chi connectivity index (χ1n) is 7.33. The lowest BCUT2D eigenvalue weighted by Gasteiger charge is -2.25. The maximum Gasteiger partial charge on any atom is 0.311 e. The summed E-state index contributed by atoms with van der Waals surface area (Å²) in [5, 5.41) is 9.60. The fraction of sp³-hybridized carbons (Fsp3) is 0.176. The van der Waals surface area contributed by atoms with Gasteiger partial charge in [-0.3, -0.25) is 9.59 Å². The molecule has 130 valence electrons. The van der Waals surface area contributed by atoms with Gasteiger partial charge in [-0.2, -0.15) is 0 Å². The molecule has 1 heterocycles. The van der Waals surface area contributed by atoms with Crippen LogP contribution in [0.4, 0.5) is 0 Å². The number of rotatable bonds is 4. The summed E-state index contributed by atoms with van der Waals surface area (Å²) in [6.07, 6.45) is 0.337. The molecule has 0 bridgehead atoms. The van der Waals surface area contributed by atoms with Gasteiger partial charge in [0.15, 0.2) is 5.75 Å². The molecular weight excluding hydrogens is 369 g/mol. The van der Waals surface area contributed by atoms with Crippen LogP contribution in [0.15, 0.2) is 30.3 Å². The number of primary amides is 1. The number of ether oxygens (including phenoxy) is 2. The van der Waals surface area contributed by atoms with Crippen molar-refractivity contribution >= 4 is 35.1 Å². The quantitative estimate of drug-likeness (QED) is 0.837. The van der Waals surface area contributed by atoms with Crippen LogP contribution in [0.1, 0.15) is 28.3 Å². The van der Waals surface area contributed by atoms with E-state index < -0.39 is 17.8 Å². The first kappa shape index (κ1) is 17.4. The molecular formula is C17H13Cl2NO5. The zero-order valence-corrected chi connectivity index (χ0v) is 14.3. The fourth-order valence-electron chi connectivity index (χ4n) is 2.60. The number of amides is 1. The van der Waals surface area contributed by atoms with Crippen molar-refractivity contribution in [3.05, 3.63) is 51.5 Å². The zero-order chi connectivity index (χ0) is 18.1. The van der Waals surface area contributed by atoms with Crippen molar-refractivity contribution in [2.45, 2.75) is 12.3 Å². The Morgan fingerprint density at radius 3 is 2.52 bits per heavy atom. The van der Waals surface area contributed by atoms with Crippen molar-refractivity contribution in [2.24, 2.45) is 5.73 Å². The predicted octanol–water partition coefficient (Wildman–Crippen LogP) is 3.84. The van der Waals surface area contributed by atoms with Crippen LogP contribution < -0.4 is 15.2 Å². The van der Waals surface area contributed by atoms with E-state index in [4.69, 9.17) is 38.4 Å². The summed E-state index contributed by atoms with van der Waals surface area (Å²) in [5.74, 6) is -1.45. The minimum atomic E-state index is -0.965. The molecule has 1 aliphatic heterocycles. The van der Waals surface area contributed by atoms with Crippen LogP contribution >= 0.6 is 23.2 Å². The third kappa shape index (κ3) is 3.36. The van der Waals surface area contributed by atoms with Gasteiger partial charge in [0.1, 0.15) is 16.5 Å². The SMILES string of the molecule is NC(=O)c1ccc(Oc2c(Cl)cc3c(c2Cl)OCCC3C(=O)O)cc1. The Hall–Kier alpha value is -2.44. The van der Waals surface area contributed by atoms with Crippen molar-refractivity contribution in [1.29, 1.82) is 0 Å². The number of carboxylic acids is 1. The summed E-state index contributed by atoms with van der Waals surface area (Å²) in [6.45, 7) is 0.234. The van der Waals surface area contributed by atoms with Crippen LogP contribution in [0.5, 0.6) is 17.2 Å². The number of hydrogen-bond acceptors (Lipinski definition) is 4. The van der Waals surface area contributed by atoms with Crippen LogP contribution in [0.25, 0.3) is 0 Å². The molecule has 3 rings (SSSR count). The summed E-state index contributed by atoms with van der Waals surface area (Å²) >= 11 is 12.6. The average Bonchev–Trinajstić information content (AvgIpc) is 2.58. The summed E-state index contributed by atoms with van der Waals surface area (Å²) < 4.78 is 11.2. The van der Waals surface area contributed by atoms with E-state index in [1.807, 2.05) is 0 Å². The molecule has 8 heteroatoms. The van der Waals surface area contributed by atoms with E-state index in [0.717, 1.165) is 0 Å².